The number of benzene rings is 1. The molecule has 7 heteroatoms. The Morgan fingerprint density at radius 1 is 1.25 bits per heavy atom. The third kappa shape index (κ3) is 1.89. The van der Waals surface area contributed by atoms with Crippen molar-refractivity contribution in [3.63, 3.8) is 0 Å². The molecule has 1 aromatic carbocycles. The molecule has 3 aromatic rings. The zero-order valence-corrected chi connectivity index (χ0v) is 10.5. The summed E-state index contributed by atoms with van der Waals surface area (Å²) >= 11 is 0. The average Bonchev–Trinajstić information content (AvgIpc) is 2.82. The number of primary amides is 1. The second-order valence-corrected chi connectivity index (χ2v) is 4.25. The van der Waals surface area contributed by atoms with E-state index in [1.165, 1.54) is 18.5 Å². The van der Waals surface area contributed by atoms with Gasteiger partial charge in [0.05, 0.1) is 0 Å². The molecule has 2 aromatic heterocycles. The Balaban J connectivity index is 2.28. The first-order valence-corrected chi connectivity index (χ1v) is 5.83. The number of aromatic nitrogens is 4. The van der Waals surface area contributed by atoms with Crippen LogP contribution in [0.5, 0.6) is 0 Å². The second-order valence-electron chi connectivity index (χ2n) is 4.25. The summed E-state index contributed by atoms with van der Waals surface area (Å²) in [5.74, 6) is -0.582. The van der Waals surface area contributed by atoms with Crippen LogP contribution >= 0.6 is 0 Å². The number of aryl methyl sites for hydroxylation is 1. The summed E-state index contributed by atoms with van der Waals surface area (Å²) in [5.41, 5.74) is 6.83. The maximum atomic E-state index is 13.0. The minimum absolute atomic E-state index is 0.0772. The van der Waals surface area contributed by atoms with E-state index in [4.69, 9.17) is 5.73 Å². The number of halogens is 1. The molecule has 0 radical (unpaired) electrons. The number of nitrogens with zero attached hydrogens (tertiary/aromatic N) is 4. The van der Waals surface area contributed by atoms with Gasteiger partial charge >= 0.3 is 0 Å². The molecule has 0 aliphatic rings. The fourth-order valence-corrected chi connectivity index (χ4v) is 1.97. The van der Waals surface area contributed by atoms with E-state index in [1.54, 1.807) is 23.6 Å². The second kappa shape index (κ2) is 4.37. The lowest BCUT2D eigenvalue weighted by atomic mass is 10.3. The molecule has 20 heavy (non-hydrogen) atoms. The molecular weight excluding hydrogens is 261 g/mol. The first-order valence-electron chi connectivity index (χ1n) is 5.83. The maximum Gasteiger partial charge on any atom is 0.269 e. The Morgan fingerprint density at radius 2 is 1.95 bits per heavy atom. The van der Waals surface area contributed by atoms with E-state index in [1.807, 2.05) is 0 Å². The molecule has 1 amide bonds. The average molecular weight is 271 g/mol. The van der Waals surface area contributed by atoms with Crippen molar-refractivity contribution in [1.82, 2.24) is 19.5 Å². The molecule has 2 heterocycles. The SMILES string of the molecule is Cc1nc(C(N)=O)c2ncn(-c3ccc(F)cc3)c2n1. The lowest BCUT2D eigenvalue weighted by molar-refractivity contribution is 0.0997. The highest BCUT2D eigenvalue weighted by atomic mass is 19.1. The van der Waals surface area contributed by atoms with Crippen LogP contribution in [0.3, 0.4) is 0 Å². The zero-order chi connectivity index (χ0) is 14.3. The number of nitrogens with two attached hydrogens (primary N) is 1. The smallest absolute Gasteiger partial charge is 0.269 e. The predicted molar refractivity (Wildman–Crippen MR) is 69.9 cm³/mol. The Hall–Kier alpha value is -2.83. The molecule has 0 atom stereocenters. The van der Waals surface area contributed by atoms with Crippen LogP contribution < -0.4 is 5.73 Å². The number of imidazole rings is 1. The number of carbonyl (C=O) groups is 1. The molecule has 0 saturated heterocycles. The number of hydrogen-bond acceptors (Lipinski definition) is 4. The Morgan fingerprint density at radius 3 is 2.60 bits per heavy atom. The molecule has 100 valence electrons. The molecule has 2 N–H and O–H groups in total. The fourth-order valence-electron chi connectivity index (χ4n) is 1.97. The van der Waals surface area contributed by atoms with Crippen LogP contribution in [0.4, 0.5) is 4.39 Å². The summed E-state index contributed by atoms with van der Waals surface area (Å²) in [4.78, 5) is 23.8. The minimum atomic E-state index is -0.662. The molecule has 0 spiro atoms. The van der Waals surface area contributed by atoms with Crippen molar-refractivity contribution < 1.29 is 9.18 Å². The molecule has 0 aliphatic heterocycles. The van der Waals surface area contributed by atoms with Crippen molar-refractivity contribution >= 4 is 17.1 Å². The summed E-state index contributed by atoms with van der Waals surface area (Å²) < 4.78 is 14.6. The zero-order valence-electron chi connectivity index (χ0n) is 10.5. The summed E-state index contributed by atoms with van der Waals surface area (Å²) in [7, 11) is 0. The Bertz CT molecular complexity index is 809. The van der Waals surface area contributed by atoms with Crippen LogP contribution in [0.25, 0.3) is 16.9 Å². The van der Waals surface area contributed by atoms with Crippen molar-refractivity contribution in [2.24, 2.45) is 5.73 Å². The van der Waals surface area contributed by atoms with Crippen molar-refractivity contribution in [2.75, 3.05) is 0 Å². The molecule has 0 bridgehead atoms. The summed E-state index contributed by atoms with van der Waals surface area (Å²) in [6.45, 7) is 1.66. The number of fused-ring (bicyclic) bond motifs is 1. The van der Waals surface area contributed by atoms with Crippen LogP contribution in [-0.4, -0.2) is 25.4 Å². The van der Waals surface area contributed by atoms with E-state index < -0.39 is 5.91 Å². The number of rotatable bonds is 2. The topological polar surface area (TPSA) is 86.7 Å². The van der Waals surface area contributed by atoms with E-state index in [9.17, 15) is 9.18 Å². The minimum Gasteiger partial charge on any atom is -0.364 e. The maximum absolute atomic E-state index is 13.0. The molecule has 3 rings (SSSR count). The van der Waals surface area contributed by atoms with Gasteiger partial charge in [0.1, 0.15) is 23.5 Å². The number of amides is 1. The van der Waals surface area contributed by atoms with Crippen LogP contribution in [0.2, 0.25) is 0 Å². The van der Waals surface area contributed by atoms with Gasteiger partial charge in [0, 0.05) is 5.69 Å². The molecule has 0 aliphatic carbocycles. The summed E-state index contributed by atoms with van der Waals surface area (Å²) in [6, 6.07) is 5.87. The molecule has 6 nitrogen and oxygen atoms in total. The van der Waals surface area contributed by atoms with Gasteiger partial charge in [0.2, 0.25) is 0 Å². The van der Waals surface area contributed by atoms with Crippen LogP contribution in [0.1, 0.15) is 16.3 Å². The highest BCUT2D eigenvalue weighted by Crippen LogP contribution is 2.19. The van der Waals surface area contributed by atoms with Gasteiger partial charge in [-0.25, -0.2) is 19.3 Å². The van der Waals surface area contributed by atoms with Gasteiger partial charge in [-0.2, -0.15) is 0 Å². The van der Waals surface area contributed by atoms with E-state index in [0.717, 1.165) is 0 Å². The molecular formula is C13H10FN5O. The normalized spacial score (nSPS) is 10.9. The van der Waals surface area contributed by atoms with Gasteiger partial charge in [-0.05, 0) is 31.2 Å². The Labute approximate surface area is 113 Å². The predicted octanol–water partition coefficient (Wildman–Crippen LogP) is 1.36. The standard InChI is InChI=1S/C13H10FN5O/c1-7-17-10(12(15)20)11-13(18-7)19(6-16-11)9-4-2-8(14)3-5-9/h2-6H,1H3,(H2,15,20). The van der Waals surface area contributed by atoms with Crippen molar-refractivity contribution in [1.29, 1.82) is 0 Å². The highest BCUT2D eigenvalue weighted by Gasteiger charge is 2.16. The van der Waals surface area contributed by atoms with E-state index in [2.05, 4.69) is 15.0 Å². The van der Waals surface area contributed by atoms with E-state index >= 15 is 0 Å². The van der Waals surface area contributed by atoms with Gasteiger partial charge < -0.3 is 5.73 Å². The van der Waals surface area contributed by atoms with Crippen LogP contribution in [-0.2, 0) is 0 Å². The highest BCUT2D eigenvalue weighted by molar-refractivity contribution is 6.01. The van der Waals surface area contributed by atoms with Gasteiger partial charge in [0.15, 0.2) is 11.3 Å². The summed E-state index contributed by atoms with van der Waals surface area (Å²) in [5, 5.41) is 0. The quantitative estimate of drug-likeness (QED) is 0.762. The van der Waals surface area contributed by atoms with Crippen LogP contribution in [0.15, 0.2) is 30.6 Å². The van der Waals surface area contributed by atoms with Gasteiger partial charge in [-0.3, -0.25) is 9.36 Å². The Kier molecular flexibility index (Phi) is 2.67. The molecule has 0 saturated carbocycles. The van der Waals surface area contributed by atoms with Gasteiger partial charge in [-0.1, -0.05) is 0 Å². The number of hydrogen-bond donors (Lipinski definition) is 1. The van der Waals surface area contributed by atoms with Gasteiger partial charge in [-0.15, -0.1) is 0 Å². The van der Waals surface area contributed by atoms with Crippen molar-refractivity contribution in [3.8, 4) is 5.69 Å². The van der Waals surface area contributed by atoms with Crippen LogP contribution in [0, 0.1) is 12.7 Å². The molecule has 0 fully saturated rings. The first kappa shape index (κ1) is 12.2. The largest absolute Gasteiger partial charge is 0.364 e. The lowest BCUT2D eigenvalue weighted by Gasteiger charge is -2.04. The van der Waals surface area contributed by atoms with E-state index in [-0.39, 0.29) is 11.5 Å². The summed E-state index contributed by atoms with van der Waals surface area (Å²) in [6.07, 6.45) is 1.50. The third-order valence-electron chi connectivity index (χ3n) is 2.85. The molecule has 0 unspecified atom stereocenters. The van der Waals surface area contributed by atoms with Crippen molar-refractivity contribution in [3.05, 3.63) is 47.9 Å². The monoisotopic (exact) mass is 271 g/mol. The fraction of sp³-hybridized carbons (Fsp3) is 0.0769. The van der Waals surface area contributed by atoms with Gasteiger partial charge in [0.25, 0.3) is 5.91 Å². The third-order valence-corrected chi connectivity index (χ3v) is 2.85. The number of carbonyl (C=O) groups excluding carboxylic acids is 1. The van der Waals surface area contributed by atoms with E-state index in [0.29, 0.717) is 22.7 Å². The lowest BCUT2D eigenvalue weighted by Crippen LogP contribution is -2.15. The first-order chi connectivity index (χ1) is 9.56. The van der Waals surface area contributed by atoms with Crippen molar-refractivity contribution in [2.45, 2.75) is 6.92 Å².